The normalized spacial score (nSPS) is 10.0. The molecule has 0 atom stereocenters. The maximum Gasteiger partial charge on any atom is 0.387 e. The second kappa shape index (κ2) is 4.52. The molecular formula is C8H8F2N2O2. The van der Waals surface area contributed by atoms with Crippen LogP contribution < -0.4 is 16.0 Å². The van der Waals surface area contributed by atoms with Crippen LogP contribution in [0.1, 0.15) is 10.4 Å². The third-order valence-corrected chi connectivity index (χ3v) is 1.56. The second-order valence-electron chi connectivity index (χ2n) is 2.36. The first-order chi connectivity index (χ1) is 6.69. The SMILES string of the molecule is NNc1cccc(OC(F)F)c1C=O. The zero-order valence-electron chi connectivity index (χ0n) is 7.04. The maximum atomic E-state index is 11.9. The molecule has 0 radical (unpaired) electrons. The van der Waals surface area contributed by atoms with Crippen LogP contribution in [0.4, 0.5) is 14.5 Å². The summed E-state index contributed by atoms with van der Waals surface area (Å²) in [5.74, 6) is 4.87. The fourth-order valence-corrected chi connectivity index (χ4v) is 0.990. The van der Waals surface area contributed by atoms with Crippen molar-refractivity contribution in [2.45, 2.75) is 6.61 Å². The number of rotatable bonds is 4. The summed E-state index contributed by atoms with van der Waals surface area (Å²) in [6.07, 6.45) is 0.396. The molecule has 4 nitrogen and oxygen atoms in total. The lowest BCUT2D eigenvalue weighted by atomic mass is 10.2. The van der Waals surface area contributed by atoms with Gasteiger partial charge in [0, 0.05) is 0 Å². The zero-order chi connectivity index (χ0) is 10.6. The fraction of sp³-hybridized carbons (Fsp3) is 0.125. The quantitative estimate of drug-likeness (QED) is 0.440. The molecule has 0 fully saturated rings. The average Bonchev–Trinajstić information content (AvgIpc) is 2.16. The third kappa shape index (κ3) is 2.17. The summed E-state index contributed by atoms with van der Waals surface area (Å²) in [6.45, 7) is -2.97. The molecule has 0 heterocycles. The molecule has 1 rings (SSSR count). The third-order valence-electron chi connectivity index (χ3n) is 1.56. The molecule has 0 saturated carbocycles. The van der Waals surface area contributed by atoms with E-state index < -0.39 is 6.61 Å². The van der Waals surface area contributed by atoms with Gasteiger partial charge in [0.2, 0.25) is 0 Å². The topological polar surface area (TPSA) is 64.3 Å². The summed E-state index contributed by atoms with van der Waals surface area (Å²) in [7, 11) is 0. The molecule has 0 aromatic heterocycles. The zero-order valence-corrected chi connectivity index (χ0v) is 7.04. The first kappa shape index (κ1) is 10.4. The van der Waals surface area contributed by atoms with E-state index in [9.17, 15) is 13.6 Å². The molecule has 1 aromatic rings. The number of benzene rings is 1. The van der Waals surface area contributed by atoms with Crippen LogP contribution in [0.3, 0.4) is 0 Å². The van der Waals surface area contributed by atoms with Crippen molar-refractivity contribution < 1.29 is 18.3 Å². The highest BCUT2D eigenvalue weighted by molar-refractivity contribution is 5.87. The minimum Gasteiger partial charge on any atom is -0.434 e. The molecule has 0 spiro atoms. The second-order valence-corrected chi connectivity index (χ2v) is 2.36. The van der Waals surface area contributed by atoms with E-state index in [1.807, 2.05) is 0 Å². The molecule has 1 aromatic carbocycles. The average molecular weight is 202 g/mol. The van der Waals surface area contributed by atoms with Gasteiger partial charge in [0.25, 0.3) is 0 Å². The molecular weight excluding hydrogens is 194 g/mol. The Bertz CT molecular complexity index is 331. The van der Waals surface area contributed by atoms with Crippen molar-refractivity contribution >= 4 is 12.0 Å². The molecule has 6 heteroatoms. The van der Waals surface area contributed by atoms with E-state index in [0.717, 1.165) is 0 Å². The number of halogens is 2. The van der Waals surface area contributed by atoms with Gasteiger partial charge in [-0.15, -0.1) is 0 Å². The molecule has 14 heavy (non-hydrogen) atoms. The molecule has 0 amide bonds. The van der Waals surface area contributed by atoms with Crippen LogP contribution in [0.5, 0.6) is 5.75 Å². The lowest BCUT2D eigenvalue weighted by Crippen LogP contribution is -2.11. The Morgan fingerprint density at radius 3 is 2.71 bits per heavy atom. The number of hydrogen-bond donors (Lipinski definition) is 2. The number of hydrogen-bond acceptors (Lipinski definition) is 4. The van der Waals surface area contributed by atoms with Gasteiger partial charge in [0.1, 0.15) is 5.75 Å². The van der Waals surface area contributed by atoms with Gasteiger partial charge in [-0.2, -0.15) is 8.78 Å². The van der Waals surface area contributed by atoms with Crippen LogP contribution in [0, 0.1) is 0 Å². The van der Waals surface area contributed by atoms with Gasteiger partial charge in [-0.25, -0.2) is 0 Å². The Morgan fingerprint density at radius 1 is 1.50 bits per heavy atom. The number of anilines is 1. The Kier molecular flexibility index (Phi) is 3.35. The summed E-state index contributed by atoms with van der Waals surface area (Å²) < 4.78 is 27.9. The van der Waals surface area contributed by atoms with Crippen LogP contribution in [-0.4, -0.2) is 12.9 Å². The van der Waals surface area contributed by atoms with Crippen molar-refractivity contribution in [1.82, 2.24) is 0 Å². The van der Waals surface area contributed by atoms with Crippen molar-refractivity contribution in [3.8, 4) is 5.75 Å². The smallest absolute Gasteiger partial charge is 0.387 e. The number of nitrogens with two attached hydrogens (primary N) is 1. The Morgan fingerprint density at radius 2 is 2.21 bits per heavy atom. The molecule has 0 aliphatic rings. The van der Waals surface area contributed by atoms with Crippen LogP contribution in [0.25, 0.3) is 0 Å². The van der Waals surface area contributed by atoms with Crippen LogP contribution >= 0.6 is 0 Å². The molecule has 0 aliphatic heterocycles. The summed E-state index contributed by atoms with van der Waals surface area (Å²) in [5, 5.41) is 0. The van der Waals surface area contributed by atoms with Gasteiger partial charge in [-0.3, -0.25) is 10.6 Å². The van der Waals surface area contributed by atoms with E-state index in [2.05, 4.69) is 10.2 Å². The number of aldehydes is 1. The number of nitrogen functional groups attached to an aromatic ring is 1. The molecule has 0 unspecified atom stereocenters. The molecule has 0 saturated heterocycles. The van der Waals surface area contributed by atoms with Crippen molar-refractivity contribution in [2.24, 2.45) is 5.84 Å². The fourth-order valence-electron chi connectivity index (χ4n) is 0.990. The Balaban J connectivity index is 3.08. The van der Waals surface area contributed by atoms with Gasteiger partial charge in [0.15, 0.2) is 6.29 Å². The predicted octanol–water partition coefficient (Wildman–Crippen LogP) is 1.39. The standard InChI is InChI=1S/C8H8F2N2O2/c9-8(10)14-7-3-1-2-6(12-11)5(7)4-13/h1-4,8,12H,11H2. The highest BCUT2D eigenvalue weighted by Gasteiger charge is 2.11. The number of hydrazine groups is 1. The molecule has 0 bridgehead atoms. The monoisotopic (exact) mass is 202 g/mol. The van der Waals surface area contributed by atoms with Gasteiger partial charge in [-0.1, -0.05) is 6.07 Å². The molecule has 76 valence electrons. The lowest BCUT2D eigenvalue weighted by Gasteiger charge is -2.09. The van der Waals surface area contributed by atoms with Gasteiger partial charge < -0.3 is 10.2 Å². The Labute approximate surface area is 78.6 Å². The number of nitrogens with one attached hydrogen (secondary N) is 1. The lowest BCUT2D eigenvalue weighted by molar-refractivity contribution is -0.0500. The van der Waals surface area contributed by atoms with Gasteiger partial charge in [0.05, 0.1) is 11.3 Å². The first-order valence-corrected chi connectivity index (χ1v) is 3.68. The summed E-state index contributed by atoms with van der Waals surface area (Å²) in [5.41, 5.74) is 2.41. The minimum atomic E-state index is -2.97. The van der Waals surface area contributed by atoms with Crippen molar-refractivity contribution in [1.29, 1.82) is 0 Å². The predicted molar refractivity (Wildman–Crippen MR) is 46.3 cm³/mol. The van der Waals surface area contributed by atoms with Crippen molar-refractivity contribution in [3.05, 3.63) is 23.8 Å². The molecule has 3 N–H and O–H groups in total. The number of carbonyl (C=O) groups is 1. The van der Waals surface area contributed by atoms with Crippen molar-refractivity contribution in [2.75, 3.05) is 5.43 Å². The first-order valence-electron chi connectivity index (χ1n) is 3.68. The summed E-state index contributed by atoms with van der Waals surface area (Å²) in [4.78, 5) is 10.6. The van der Waals surface area contributed by atoms with E-state index in [-0.39, 0.29) is 17.0 Å². The maximum absolute atomic E-state index is 11.9. The van der Waals surface area contributed by atoms with Gasteiger partial charge >= 0.3 is 6.61 Å². The number of ether oxygens (including phenoxy) is 1. The van der Waals surface area contributed by atoms with E-state index in [1.165, 1.54) is 18.2 Å². The minimum absolute atomic E-state index is 0.0321. The van der Waals surface area contributed by atoms with E-state index in [1.54, 1.807) is 0 Å². The molecule has 0 aliphatic carbocycles. The van der Waals surface area contributed by atoms with E-state index in [4.69, 9.17) is 5.84 Å². The highest BCUT2D eigenvalue weighted by Crippen LogP contribution is 2.25. The van der Waals surface area contributed by atoms with Crippen LogP contribution in [0.15, 0.2) is 18.2 Å². The number of alkyl halides is 2. The summed E-state index contributed by atoms with van der Waals surface area (Å²) in [6, 6.07) is 4.18. The largest absolute Gasteiger partial charge is 0.434 e. The van der Waals surface area contributed by atoms with E-state index in [0.29, 0.717) is 6.29 Å². The Hall–Kier alpha value is -1.69. The number of carbonyl (C=O) groups excluding carboxylic acids is 1. The van der Waals surface area contributed by atoms with Crippen LogP contribution in [-0.2, 0) is 0 Å². The van der Waals surface area contributed by atoms with Gasteiger partial charge in [-0.05, 0) is 12.1 Å². The van der Waals surface area contributed by atoms with Crippen molar-refractivity contribution in [3.63, 3.8) is 0 Å². The summed E-state index contributed by atoms with van der Waals surface area (Å²) >= 11 is 0. The van der Waals surface area contributed by atoms with Crippen LogP contribution in [0.2, 0.25) is 0 Å². The highest BCUT2D eigenvalue weighted by atomic mass is 19.3. The van der Waals surface area contributed by atoms with E-state index >= 15 is 0 Å².